The Morgan fingerprint density at radius 3 is 2.00 bits per heavy atom. The van der Waals surface area contributed by atoms with E-state index >= 15 is 0 Å². The molecule has 27 heavy (non-hydrogen) atoms. The van der Waals surface area contributed by atoms with Crippen molar-refractivity contribution in [2.75, 3.05) is 6.61 Å². The second-order valence-corrected chi connectivity index (χ2v) is 6.12. The standard InChI is InChI=1S/C16H20FNO9/c1-7(19)24-6-10-14(25-8(2)20)15(26-9(3)21)13(16(17)27-10)18-11(22)4-5-12(18)23/h10,13-16H,4-6H2,1-3H3/t10-,13-,14-,15-,16-/m1/s1. The van der Waals surface area contributed by atoms with E-state index in [1.807, 2.05) is 0 Å². The van der Waals surface area contributed by atoms with Crippen molar-refractivity contribution in [3.63, 3.8) is 0 Å². The Balaban J connectivity index is 2.39. The molecule has 0 aromatic carbocycles. The van der Waals surface area contributed by atoms with Gasteiger partial charge in [0, 0.05) is 33.6 Å². The van der Waals surface area contributed by atoms with Gasteiger partial charge in [-0.2, -0.15) is 0 Å². The lowest BCUT2D eigenvalue weighted by Gasteiger charge is -2.44. The molecule has 0 bridgehead atoms. The zero-order valence-electron chi connectivity index (χ0n) is 15.0. The van der Waals surface area contributed by atoms with E-state index in [2.05, 4.69) is 0 Å². The second-order valence-electron chi connectivity index (χ2n) is 6.12. The molecule has 0 spiro atoms. The van der Waals surface area contributed by atoms with Gasteiger partial charge in [0.2, 0.25) is 18.2 Å². The molecule has 0 saturated carbocycles. The number of imide groups is 1. The van der Waals surface area contributed by atoms with E-state index in [0.717, 1.165) is 20.8 Å². The van der Waals surface area contributed by atoms with Gasteiger partial charge < -0.3 is 18.9 Å². The van der Waals surface area contributed by atoms with Crippen LogP contribution in [-0.4, -0.2) is 71.9 Å². The summed E-state index contributed by atoms with van der Waals surface area (Å²) in [7, 11) is 0. The molecule has 2 saturated heterocycles. The molecule has 0 aliphatic carbocycles. The maximum atomic E-state index is 14.8. The van der Waals surface area contributed by atoms with Gasteiger partial charge in [-0.3, -0.25) is 28.9 Å². The highest BCUT2D eigenvalue weighted by Gasteiger charge is 2.56. The average Bonchev–Trinajstić information content (AvgIpc) is 2.87. The predicted octanol–water partition coefficient (Wildman–Crippen LogP) is -0.375. The molecule has 2 aliphatic heterocycles. The maximum absolute atomic E-state index is 14.8. The maximum Gasteiger partial charge on any atom is 0.303 e. The summed E-state index contributed by atoms with van der Waals surface area (Å²) < 4.78 is 34.9. The minimum atomic E-state index is -2.24. The summed E-state index contributed by atoms with van der Waals surface area (Å²) in [6.45, 7) is 2.74. The second kappa shape index (κ2) is 8.42. The lowest BCUT2D eigenvalue weighted by molar-refractivity contribution is -0.257. The first-order valence-corrected chi connectivity index (χ1v) is 8.24. The predicted molar refractivity (Wildman–Crippen MR) is 82.4 cm³/mol. The minimum absolute atomic E-state index is 0.121. The van der Waals surface area contributed by atoms with E-state index in [1.165, 1.54) is 0 Å². The van der Waals surface area contributed by atoms with Crippen LogP contribution < -0.4 is 0 Å². The van der Waals surface area contributed by atoms with Crippen molar-refractivity contribution in [3.8, 4) is 0 Å². The van der Waals surface area contributed by atoms with Gasteiger partial charge in [0.05, 0.1) is 0 Å². The number of rotatable bonds is 5. The number of esters is 3. The van der Waals surface area contributed by atoms with E-state index in [-0.39, 0.29) is 12.8 Å². The summed E-state index contributed by atoms with van der Waals surface area (Å²) in [5.74, 6) is -3.65. The van der Waals surface area contributed by atoms with Crippen molar-refractivity contribution in [1.82, 2.24) is 4.90 Å². The van der Waals surface area contributed by atoms with Gasteiger partial charge in [-0.15, -0.1) is 0 Å². The number of likely N-dealkylation sites (tertiary alicyclic amines) is 1. The van der Waals surface area contributed by atoms with E-state index in [0.29, 0.717) is 4.90 Å². The molecule has 0 aromatic heterocycles. The Labute approximate surface area is 153 Å². The third-order valence-electron chi connectivity index (χ3n) is 4.04. The largest absolute Gasteiger partial charge is 0.463 e. The summed E-state index contributed by atoms with van der Waals surface area (Å²) in [6, 6.07) is -1.63. The molecular formula is C16H20FNO9. The van der Waals surface area contributed by atoms with Crippen molar-refractivity contribution in [3.05, 3.63) is 0 Å². The molecule has 11 heteroatoms. The molecule has 0 aromatic rings. The highest BCUT2D eigenvalue weighted by Crippen LogP contribution is 2.33. The van der Waals surface area contributed by atoms with Crippen LogP contribution in [0.1, 0.15) is 33.6 Å². The first-order valence-electron chi connectivity index (χ1n) is 8.24. The Kier molecular flexibility index (Phi) is 6.47. The first-order chi connectivity index (χ1) is 12.6. The smallest absolute Gasteiger partial charge is 0.303 e. The van der Waals surface area contributed by atoms with Gasteiger partial charge in [-0.25, -0.2) is 4.39 Å². The molecule has 0 N–H and O–H groups in total. The van der Waals surface area contributed by atoms with Gasteiger partial charge >= 0.3 is 17.9 Å². The zero-order chi connectivity index (χ0) is 20.3. The molecule has 2 heterocycles. The summed E-state index contributed by atoms with van der Waals surface area (Å²) in [5.41, 5.74) is 0. The van der Waals surface area contributed by atoms with Crippen LogP contribution in [0.2, 0.25) is 0 Å². The van der Waals surface area contributed by atoms with Gasteiger partial charge in [0.25, 0.3) is 0 Å². The van der Waals surface area contributed by atoms with Gasteiger partial charge in [0.1, 0.15) is 18.8 Å². The van der Waals surface area contributed by atoms with Crippen LogP contribution in [0.15, 0.2) is 0 Å². The number of amides is 2. The van der Waals surface area contributed by atoms with Crippen LogP contribution in [0.4, 0.5) is 4.39 Å². The normalized spacial score (nSPS) is 30.8. The number of nitrogens with zero attached hydrogens (tertiary/aromatic N) is 1. The number of carbonyl (C=O) groups excluding carboxylic acids is 5. The van der Waals surface area contributed by atoms with Crippen LogP contribution in [0.5, 0.6) is 0 Å². The SMILES string of the molecule is CC(=O)OC[C@H]1O[C@@H](F)[C@H](N2C(=O)CCC2=O)[C@@H](OC(C)=O)[C@@H]1OC(C)=O. The van der Waals surface area contributed by atoms with Crippen molar-refractivity contribution in [1.29, 1.82) is 0 Å². The highest BCUT2D eigenvalue weighted by molar-refractivity contribution is 6.02. The Bertz CT molecular complexity index is 636. The third-order valence-corrected chi connectivity index (χ3v) is 4.04. The lowest BCUT2D eigenvalue weighted by atomic mass is 9.95. The Morgan fingerprint density at radius 1 is 1.00 bits per heavy atom. The summed E-state index contributed by atoms with van der Waals surface area (Å²) in [6.07, 6.45) is -6.71. The average molecular weight is 389 g/mol. The van der Waals surface area contributed by atoms with Crippen molar-refractivity contribution < 1.29 is 47.3 Å². The Hall–Kier alpha value is -2.56. The lowest BCUT2D eigenvalue weighted by Crippen LogP contribution is -2.66. The molecule has 0 unspecified atom stereocenters. The number of alkyl halides is 1. The molecule has 2 aliphatic rings. The van der Waals surface area contributed by atoms with Gasteiger partial charge in [0.15, 0.2) is 12.2 Å². The van der Waals surface area contributed by atoms with Crippen molar-refractivity contribution in [2.24, 2.45) is 0 Å². The molecule has 150 valence electrons. The van der Waals surface area contributed by atoms with Crippen LogP contribution in [0, 0.1) is 0 Å². The Morgan fingerprint density at radius 2 is 1.52 bits per heavy atom. The fourth-order valence-electron chi connectivity index (χ4n) is 3.07. The third kappa shape index (κ3) is 4.79. The monoisotopic (exact) mass is 389 g/mol. The van der Waals surface area contributed by atoms with E-state index in [4.69, 9.17) is 18.9 Å². The van der Waals surface area contributed by atoms with Crippen LogP contribution in [0.25, 0.3) is 0 Å². The fourth-order valence-corrected chi connectivity index (χ4v) is 3.07. The molecular weight excluding hydrogens is 369 g/mol. The molecule has 10 nitrogen and oxygen atoms in total. The molecule has 2 amide bonds. The molecule has 2 fully saturated rings. The van der Waals surface area contributed by atoms with Crippen LogP contribution in [-0.2, 0) is 42.9 Å². The van der Waals surface area contributed by atoms with E-state index in [9.17, 15) is 28.4 Å². The van der Waals surface area contributed by atoms with Crippen molar-refractivity contribution in [2.45, 2.75) is 64.3 Å². The summed E-state index contributed by atoms with van der Waals surface area (Å²) >= 11 is 0. The number of halogens is 1. The van der Waals surface area contributed by atoms with E-state index < -0.39 is 67.0 Å². The molecule has 0 radical (unpaired) electrons. The molecule has 5 atom stereocenters. The number of hydrogen-bond donors (Lipinski definition) is 0. The first kappa shape index (κ1) is 20.7. The van der Waals surface area contributed by atoms with Crippen molar-refractivity contribution >= 4 is 29.7 Å². The van der Waals surface area contributed by atoms with E-state index in [1.54, 1.807) is 0 Å². The van der Waals surface area contributed by atoms with Crippen LogP contribution >= 0.6 is 0 Å². The van der Waals surface area contributed by atoms with Gasteiger partial charge in [-0.05, 0) is 0 Å². The number of ether oxygens (including phenoxy) is 4. The number of carbonyl (C=O) groups is 5. The van der Waals surface area contributed by atoms with Crippen LogP contribution in [0.3, 0.4) is 0 Å². The summed E-state index contributed by atoms with van der Waals surface area (Å²) in [4.78, 5) is 58.8. The topological polar surface area (TPSA) is 126 Å². The highest BCUT2D eigenvalue weighted by atomic mass is 19.1. The number of hydrogen-bond acceptors (Lipinski definition) is 9. The summed E-state index contributed by atoms with van der Waals surface area (Å²) in [5, 5.41) is 0. The quantitative estimate of drug-likeness (QED) is 0.351. The fraction of sp³-hybridized carbons (Fsp3) is 0.688. The van der Waals surface area contributed by atoms with Gasteiger partial charge in [-0.1, -0.05) is 0 Å². The minimum Gasteiger partial charge on any atom is -0.463 e. The molecule has 2 rings (SSSR count). The zero-order valence-corrected chi connectivity index (χ0v) is 15.0.